The van der Waals surface area contributed by atoms with Crippen molar-refractivity contribution in [2.45, 2.75) is 39.8 Å². The molecule has 0 aliphatic carbocycles. The third kappa shape index (κ3) is 5.12. The van der Waals surface area contributed by atoms with E-state index in [0.29, 0.717) is 6.04 Å². The summed E-state index contributed by atoms with van der Waals surface area (Å²) in [4.78, 5) is 0. The molecule has 0 aromatic heterocycles. The summed E-state index contributed by atoms with van der Waals surface area (Å²) in [5.41, 5.74) is 3.21. The fraction of sp³-hybridized carbons (Fsp3) is 0.533. The number of hydrogen-bond acceptors (Lipinski definition) is 3. The molecule has 0 amide bonds. The molecule has 0 fully saturated rings. The van der Waals surface area contributed by atoms with E-state index < -0.39 is 0 Å². The van der Waals surface area contributed by atoms with Gasteiger partial charge in [0.2, 0.25) is 0 Å². The minimum absolute atomic E-state index is 0.541. The molecule has 98 valence electrons. The smallest absolute Gasteiger partial charge is 0.0991 e. The molecule has 0 radical (unpaired) electrons. The standard InChI is InChI=1S/C15H22N2S/c1-4-18-8-7-13(3)17-11-15-6-5-14(10-16)9-12(15)2/h5-6,9,13,17H,4,7-8,11H2,1-3H3. The third-order valence-electron chi connectivity index (χ3n) is 3.01. The molecule has 1 aromatic rings. The number of aryl methyl sites for hydroxylation is 1. The van der Waals surface area contributed by atoms with Crippen LogP contribution in [-0.2, 0) is 6.54 Å². The van der Waals surface area contributed by atoms with Gasteiger partial charge in [-0.25, -0.2) is 0 Å². The molecule has 1 aromatic carbocycles. The molecule has 0 aliphatic rings. The van der Waals surface area contributed by atoms with Crippen LogP contribution in [0, 0.1) is 18.3 Å². The van der Waals surface area contributed by atoms with E-state index in [1.54, 1.807) is 0 Å². The van der Waals surface area contributed by atoms with Crippen LogP contribution in [0.5, 0.6) is 0 Å². The second-order valence-corrected chi connectivity index (χ2v) is 5.91. The number of benzene rings is 1. The van der Waals surface area contributed by atoms with E-state index in [0.717, 1.165) is 12.1 Å². The molecule has 1 rings (SSSR count). The van der Waals surface area contributed by atoms with Crippen LogP contribution in [0.1, 0.15) is 37.0 Å². The van der Waals surface area contributed by atoms with Crippen molar-refractivity contribution in [3.8, 4) is 6.07 Å². The van der Waals surface area contributed by atoms with Gasteiger partial charge in [-0.15, -0.1) is 0 Å². The molecular weight excluding hydrogens is 240 g/mol. The molecule has 0 aliphatic heterocycles. The van der Waals surface area contributed by atoms with Gasteiger partial charge in [-0.3, -0.25) is 0 Å². The Morgan fingerprint density at radius 3 is 2.83 bits per heavy atom. The van der Waals surface area contributed by atoms with Crippen molar-refractivity contribution in [3.63, 3.8) is 0 Å². The molecule has 0 spiro atoms. The van der Waals surface area contributed by atoms with Crippen LogP contribution in [0.15, 0.2) is 18.2 Å². The third-order valence-corrected chi connectivity index (χ3v) is 3.94. The van der Waals surface area contributed by atoms with E-state index in [-0.39, 0.29) is 0 Å². The first-order chi connectivity index (χ1) is 8.67. The summed E-state index contributed by atoms with van der Waals surface area (Å²) in [6.07, 6.45) is 1.20. The van der Waals surface area contributed by atoms with Gasteiger partial charge < -0.3 is 5.32 Å². The Morgan fingerprint density at radius 1 is 1.44 bits per heavy atom. The molecule has 0 bridgehead atoms. The van der Waals surface area contributed by atoms with Gasteiger partial charge in [-0.1, -0.05) is 13.0 Å². The van der Waals surface area contributed by atoms with Gasteiger partial charge in [0.05, 0.1) is 11.6 Å². The van der Waals surface area contributed by atoms with E-state index in [9.17, 15) is 0 Å². The van der Waals surface area contributed by atoms with Crippen LogP contribution in [0.2, 0.25) is 0 Å². The molecule has 1 N–H and O–H groups in total. The molecule has 1 atom stereocenters. The summed E-state index contributed by atoms with van der Waals surface area (Å²) in [6.45, 7) is 7.38. The lowest BCUT2D eigenvalue weighted by Gasteiger charge is -2.14. The van der Waals surface area contributed by atoms with Crippen LogP contribution >= 0.6 is 11.8 Å². The first kappa shape index (κ1) is 15.1. The Labute approximate surface area is 115 Å². The molecule has 0 heterocycles. The molecule has 18 heavy (non-hydrogen) atoms. The minimum Gasteiger partial charge on any atom is -0.310 e. The Balaban J connectivity index is 2.41. The zero-order chi connectivity index (χ0) is 13.4. The van der Waals surface area contributed by atoms with Gasteiger partial charge in [-0.2, -0.15) is 17.0 Å². The molecule has 0 saturated heterocycles. The van der Waals surface area contributed by atoms with Gasteiger partial charge in [0.15, 0.2) is 0 Å². The van der Waals surface area contributed by atoms with Crippen LogP contribution in [-0.4, -0.2) is 17.5 Å². The second kappa shape index (κ2) is 8.18. The van der Waals surface area contributed by atoms with Gasteiger partial charge in [-0.05, 0) is 55.0 Å². The fourth-order valence-electron chi connectivity index (χ4n) is 1.75. The Morgan fingerprint density at radius 2 is 2.22 bits per heavy atom. The predicted octanol–water partition coefficient (Wildman–Crippen LogP) is 3.49. The first-order valence-corrected chi connectivity index (χ1v) is 7.63. The first-order valence-electron chi connectivity index (χ1n) is 6.48. The molecule has 1 unspecified atom stereocenters. The molecule has 2 nitrogen and oxygen atoms in total. The van der Waals surface area contributed by atoms with Crippen molar-refractivity contribution in [2.24, 2.45) is 0 Å². The highest BCUT2D eigenvalue weighted by Crippen LogP contribution is 2.11. The summed E-state index contributed by atoms with van der Waals surface area (Å²) in [6, 6.07) is 8.61. The Hall–Kier alpha value is -0.980. The van der Waals surface area contributed by atoms with Crippen LogP contribution in [0.3, 0.4) is 0 Å². The van der Waals surface area contributed by atoms with Gasteiger partial charge >= 0.3 is 0 Å². The van der Waals surface area contributed by atoms with Gasteiger partial charge in [0.1, 0.15) is 0 Å². The summed E-state index contributed by atoms with van der Waals surface area (Å²) in [5, 5.41) is 12.4. The van der Waals surface area contributed by atoms with Crippen LogP contribution in [0.25, 0.3) is 0 Å². The predicted molar refractivity (Wildman–Crippen MR) is 79.8 cm³/mol. The lowest BCUT2D eigenvalue weighted by molar-refractivity contribution is 0.536. The number of nitrogens with zero attached hydrogens (tertiary/aromatic N) is 1. The van der Waals surface area contributed by atoms with Crippen LogP contribution in [0.4, 0.5) is 0 Å². The van der Waals surface area contributed by atoms with E-state index in [2.05, 4.69) is 32.2 Å². The fourth-order valence-corrected chi connectivity index (χ4v) is 2.56. The average molecular weight is 262 g/mol. The lowest BCUT2D eigenvalue weighted by Crippen LogP contribution is -2.26. The van der Waals surface area contributed by atoms with Gasteiger partial charge in [0, 0.05) is 12.6 Å². The van der Waals surface area contributed by atoms with Crippen molar-refractivity contribution in [1.29, 1.82) is 5.26 Å². The number of nitriles is 1. The maximum atomic E-state index is 8.82. The Kier molecular flexibility index (Phi) is 6.85. The lowest BCUT2D eigenvalue weighted by atomic mass is 10.1. The normalized spacial score (nSPS) is 12.1. The van der Waals surface area contributed by atoms with E-state index >= 15 is 0 Å². The molecular formula is C15H22N2S. The van der Waals surface area contributed by atoms with Crippen molar-refractivity contribution in [2.75, 3.05) is 11.5 Å². The largest absolute Gasteiger partial charge is 0.310 e. The molecule has 3 heteroatoms. The summed E-state index contributed by atoms with van der Waals surface area (Å²) < 4.78 is 0. The number of thioether (sulfide) groups is 1. The Bertz CT molecular complexity index is 409. The highest BCUT2D eigenvalue weighted by Gasteiger charge is 2.04. The average Bonchev–Trinajstić information content (AvgIpc) is 2.37. The van der Waals surface area contributed by atoms with E-state index in [4.69, 9.17) is 5.26 Å². The van der Waals surface area contributed by atoms with Crippen molar-refractivity contribution in [1.82, 2.24) is 5.32 Å². The van der Waals surface area contributed by atoms with E-state index in [1.165, 1.54) is 29.1 Å². The minimum atomic E-state index is 0.541. The molecule has 0 saturated carbocycles. The topological polar surface area (TPSA) is 35.8 Å². The highest BCUT2D eigenvalue weighted by molar-refractivity contribution is 7.99. The SMILES string of the molecule is CCSCCC(C)NCc1ccc(C#N)cc1C. The quantitative estimate of drug-likeness (QED) is 0.764. The number of hydrogen-bond donors (Lipinski definition) is 1. The van der Waals surface area contributed by atoms with Crippen molar-refractivity contribution < 1.29 is 0 Å². The summed E-state index contributed by atoms with van der Waals surface area (Å²) in [7, 11) is 0. The second-order valence-electron chi connectivity index (χ2n) is 4.52. The number of nitrogens with one attached hydrogen (secondary N) is 1. The maximum Gasteiger partial charge on any atom is 0.0991 e. The van der Waals surface area contributed by atoms with Crippen LogP contribution < -0.4 is 5.32 Å². The van der Waals surface area contributed by atoms with Crippen molar-refractivity contribution >= 4 is 11.8 Å². The zero-order valence-corrected chi connectivity index (χ0v) is 12.3. The summed E-state index contributed by atoms with van der Waals surface area (Å²) >= 11 is 1.99. The van der Waals surface area contributed by atoms with Gasteiger partial charge in [0.25, 0.3) is 0 Å². The monoisotopic (exact) mass is 262 g/mol. The summed E-state index contributed by atoms with van der Waals surface area (Å²) in [5.74, 6) is 2.42. The maximum absolute atomic E-state index is 8.82. The van der Waals surface area contributed by atoms with E-state index in [1.807, 2.05) is 30.0 Å². The zero-order valence-electron chi connectivity index (χ0n) is 11.5. The number of rotatable bonds is 7. The highest BCUT2D eigenvalue weighted by atomic mass is 32.2. The van der Waals surface area contributed by atoms with Crippen molar-refractivity contribution in [3.05, 3.63) is 34.9 Å².